The number of benzene rings is 2. The number of para-hydroxylation sites is 1. The Balaban J connectivity index is 1.97. The van der Waals surface area contributed by atoms with E-state index in [1.165, 1.54) is 14.9 Å². The second-order valence-electron chi connectivity index (χ2n) is 4.04. The van der Waals surface area contributed by atoms with E-state index in [1.807, 2.05) is 18.2 Å². The highest BCUT2D eigenvalue weighted by molar-refractivity contribution is 14.1. The van der Waals surface area contributed by atoms with Gasteiger partial charge in [0, 0.05) is 3.57 Å². The Kier molecular flexibility index (Phi) is 3.15. The van der Waals surface area contributed by atoms with Crippen LogP contribution in [0.25, 0.3) is 11.4 Å². The first kappa shape index (κ1) is 11.5. The Bertz CT molecular complexity index is 642. The molecule has 18 heavy (non-hydrogen) atoms. The van der Waals surface area contributed by atoms with Crippen molar-refractivity contribution < 1.29 is 4.57 Å². The number of imidazole rings is 1. The summed E-state index contributed by atoms with van der Waals surface area (Å²) in [7, 11) is 0. The van der Waals surface area contributed by atoms with E-state index < -0.39 is 0 Å². The maximum atomic E-state index is 2.32. The van der Waals surface area contributed by atoms with Gasteiger partial charge in [0.05, 0.1) is 0 Å². The number of aromatic nitrogens is 2. The monoisotopic (exact) mass is 347 g/mol. The van der Waals surface area contributed by atoms with E-state index in [0.717, 1.165) is 0 Å². The Labute approximate surface area is 120 Å². The molecule has 1 heterocycles. The zero-order valence-corrected chi connectivity index (χ0v) is 11.9. The zero-order valence-electron chi connectivity index (χ0n) is 9.70. The van der Waals surface area contributed by atoms with E-state index >= 15 is 0 Å². The average molecular weight is 347 g/mol. The molecule has 3 rings (SSSR count). The lowest BCUT2D eigenvalue weighted by atomic mass is 10.3. The summed E-state index contributed by atoms with van der Waals surface area (Å²) >= 11 is 2.32. The minimum Gasteiger partial charge on any atom is -0.202 e. The van der Waals surface area contributed by atoms with Crippen LogP contribution < -0.4 is 4.57 Å². The molecule has 88 valence electrons. The molecule has 0 bridgehead atoms. The summed E-state index contributed by atoms with van der Waals surface area (Å²) in [5.74, 6) is 0. The molecule has 0 spiro atoms. The van der Waals surface area contributed by atoms with Gasteiger partial charge in [0.1, 0.15) is 23.8 Å². The zero-order chi connectivity index (χ0) is 12.4. The van der Waals surface area contributed by atoms with E-state index in [9.17, 15) is 0 Å². The third-order valence-corrected chi connectivity index (χ3v) is 3.53. The van der Waals surface area contributed by atoms with Gasteiger partial charge in [0.15, 0.2) is 0 Å². The highest BCUT2D eigenvalue weighted by Crippen LogP contribution is 2.08. The fourth-order valence-electron chi connectivity index (χ4n) is 1.87. The highest BCUT2D eigenvalue weighted by Gasteiger charge is 2.07. The summed E-state index contributed by atoms with van der Waals surface area (Å²) in [6.45, 7) is 0. The van der Waals surface area contributed by atoms with Crippen LogP contribution in [0.5, 0.6) is 0 Å². The standard InChI is InChI=1S/C15H12IN2/c16-13-6-8-15(9-7-13)18-11-10-17(12-18)14-4-2-1-3-5-14/h1-12H/q+1. The Morgan fingerprint density at radius 1 is 0.889 bits per heavy atom. The molecule has 1 aromatic heterocycles. The topological polar surface area (TPSA) is 8.81 Å². The van der Waals surface area contributed by atoms with Crippen LogP contribution in [-0.4, -0.2) is 4.57 Å². The summed E-state index contributed by atoms with van der Waals surface area (Å²) in [4.78, 5) is 0. The summed E-state index contributed by atoms with van der Waals surface area (Å²) in [6.07, 6.45) is 6.21. The molecule has 0 atom stereocenters. The molecule has 3 aromatic rings. The van der Waals surface area contributed by atoms with Gasteiger partial charge in [0.25, 0.3) is 6.33 Å². The lowest BCUT2D eigenvalue weighted by Crippen LogP contribution is -2.27. The quantitative estimate of drug-likeness (QED) is 0.497. The number of rotatable bonds is 2. The van der Waals surface area contributed by atoms with Crippen molar-refractivity contribution in [2.75, 3.05) is 0 Å². The Hall–Kier alpha value is -1.62. The first-order chi connectivity index (χ1) is 8.83. The lowest BCUT2D eigenvalue weighted by molar-refractivity contribution is -0.594. The van der Waals surface area contributed by atoms with Crippen molar-refractivity contribution in [3.63, 3.8) is 0 Å². The van der Waals surface area contributed by atoms with E-state index in [-0.39, 0.29) is 0 Å². The summed E-state index contributed by atoms with van der Waals surface area (Å²) in [6, 6.07) is 18.8. The second-order valence-corrected chi connectivity index (χ2v) is 5.29. The maximum absolute atomic E-state index is 2.32. The number of hydrogen-bond acceptors (Lipinski definition) is 0. The third kappa shape index (κ3) is 2.31. The lowest BCUT2D eigenvalue weighted by Gasteiger charge is -1.96. The van der Waals surface area contributed by atoms with Crippen LogP contribution in [0.15, 0.2) is 73.3 Å². The normalized spacial score (nSPS) is 10.5. The molecule has 0 aliphatic heterocycles. The fourth-order valence-corrected chi connectivity index (χ4v) is 2.23. The van der Waals surface area contributed by atoms with Crippen LogP contribution >= 0.6 is 22.6 Å². The predicted octanol–water partition coefficient (Wildman–Crippen LogP) is 3.36. The van der Waals surface area contributed by atoms with Crippen molar-refractivity contribution in [2.24, 2.45) is 0 Å². The van der Waals surface area contributed by atoms with E-state index in [1.54, 1.807) is 0 Å². The fraction of sp³-hybridized carbons (Fsp3) is 0. The number of nitrogens with zero attached hydrogens (tertiary/aromatic N) is 2. The van der Waals surface area contributed by atoms with Gasteiger partial charge >= 0.3 is 0 Å². The first-order valence-corrected chi connectivity index (χ1v) is 6.81. The van der Waals surface area contributed by atoms with Crippen LogP contribution in [-0.2, 0) is 0 Å². The minimum absolute atomic E-state index is 1.17. The van der Waals surface area contributed by atoms with Crippen LogP contribution in [0.3, 0.4) is 0 Å². The summed E-state index contributed by atoms with van der Waals surface area (Å²) < 4.78 is 5.47. The van der Waals surface area contributed by atoms with Crippen molar-refractivity contribution in [3.8, 4) is 11.4 Å². The van der Waals surface area contributed by atoms with Gasteiger partial charge in [-0.1, -0.05) is 18.2 Å². The molecule has 0 amide bonds. The van der Waals surface area contributed by atoms with E-state index in [0.29, 0.717) is 0 Å². The smallest absolute Gasteiger partial charge is 0.202 e. The molecule has 0 N–H and O–H groups in total. The van der Waals surface area contributed by atoms with Gasteiger partial charge in [-0.25, -0.2) is 9.13 Å². The second kappa shape index (κ2) is 4.94. The van der Waals surface area contributed by atoms with Crippen molar-refractivity contribution in [1.82, 2.24) is 4.57 Å². The number of halogens is 1. The Morgan fingerprint density at radius 2 is 1.61 bits per heavy atom. The van der Waals surface area contributed by atoms with E-state index in [2.05, 4.69) is 86.8 Å². The molecule has 0 aliphatic carbocycles. The molecule has 0 fully saturated rings. The molecule has 0 saturated carbocycles. The van der Waals surface area contributed by atoms with Gasteiger partial charge in [-0.3, -0.25) is 0 Å². The van der Waals surface area contributed by atoms with Gasteiger partial charge in [0.2, 0.25) is 0 Å². The molecule has 0 unspecified atom stereocenters. The van der Waals surface area contributed by atoms with Crippen LogP contribution in [0, 0.1) is 3.57 Å². The third-order valence-electron chi connectivity index (χ3n) is 2.82. The van der Waals surface area contributed by atoms with Crippen molar-refractivity contribution in [2.45, 2.75) is 0 Å². The Morgan fingerprint density at radius 3 is 2.33 bits per heavy atom. The van der Waals surface area contributed by atoms with Crippen molar-refractivity contribution in [3.05, 3.63) is 76.9 Å². The van der Waals surface area contributed by atoms with Gasteiger partial charge in [-0.05, 0) is 59.0 Å². The molecule has 3 heteroatoms. The molecule has 0 saturated heterocycles. The van der Waals surface area contributed by atoms with Crippen molar-refractivity contribution in [1.29, 1.82) is 0 Å². The molecule has 2 nitrogen and oxygen atoms in total. The van der Waals surface area contributed by atoms with Crippen LogP contribution in [0.1, 0.15) is 0 Å². The highest BCUT2D eigenvalue weighted by atomic mass is 127. The largest absolute Gasteiger partial charge is 0.254 e. The van der Waals surface area contributed by atoms with Crippen LogP contribution in [0.2, 0.25) is 0 Å². The molecule has 0 aliphatic rings. The van der Waals surface area contributed by atoms with Crippen molar-refractivity contribution >= 4 is 22.6 Å². The van der Waals surface area contributed by atoms with Gasteiger partial charge < -0.3 is 0 Å². The molecule has 2 aromatic carbocycles. The maximum Gasteiger partial charge on any atom is 0.254 e. The van der Waals surface area contributed by atoms with Gasteiger partial charge in [-0.2, -0.15) is 0 Å². The minimum atomic E-state index is 1.17. The van der Waals surface area contributed by atoms with E-state index in [4.69, 9.17) is 0 Å². The SMILES string of the molecule is Ic1ccc(-[n+]2ccn(-c3ccccc3)c2)cc1. The van der Waals surface area contributed by atoms with Crippen LogP contribution in [0.4, 0.5) is 0 Å². The molecular weight excluding hydrogens is 335 g/mol. The van der Waals surface area contributed by atoms with Gasteiger partial charge in [-0.15, -0.1) is 0 Å². The molecule has 0 radical (unpaired) electrons. The average Bonchev–Trinajstić information content (AvgIpc) is 2.90. The summed E-state index contributed by atoms with van der Waals surface area (Å²) in [5.41, 5.74) is 2.34. The first-order valence-electron chi connectivity index (χ1n) is 5.73. The summed E-state index contributed by atoms with van der Waals surface area (Å²) in [5, 5.41) is 0. The molecular formula is C15H12IN2+. The predicted molar refractivity (Wildman–Crippen MR) is 80.0 cm³/mol. The number of hydrogen-bond donors (Lipinski definition) is 0.